The van der Waals surface area contributed by atoms with Crippen LogP contribution in [0.5, 0.6) is 0 Å². The Bertz CT molecular complexity index is 136. The number of hydrogen-bond donors (Lipinski definition) is 5. The largest absolute Gasteiger partial charge is 0.503 e. The first-order valence-electron chi connectivity index (χ1n) is 3.85. The Morgan fingerprint density at radius 3 is 0.938 bits per heavy atom. The molecule has 8 heteroatoms. The summed E-state index contributed by atoms with van der Waals surface area (Å²) in [5.41, 5.74) is 0. The van der Waals surface area contributed by atoms with E-state index in [9.17, 15) is 0 Å². The molecule has 0 aliphatic rings. The van der Waals surface area contributed by atoms with Crippen LogP contribution in [-0.4, -0.2) is 39.0 Å². The van der Waals surface area contributed by atoms with Gasteiger partial charge in [-0.15, -0.1) is 0 Å². The van der Waals surface area contributed by atoms with Gasteiger partial charge in [0.15, 0.2) is 0 Å². The summed E-state index contributed by atoms with van der Waals surface area (Å²) in [4.78, 5) is 25.9. The number of aldehydes is 1. The van der Waals surface area contributed by atoms with Gasteiger partial charge >= 0.3 is 12.3 Å². The smallest absolute Gasteiger partial charge is 0.450 e. The highest BCUT2D eigenvalue weighted by molar-refractivity contribution is 5.53. The molecule has 100 valence electrons. The molecule has 8 nitrogen and oxygen atoms in total. The Labute approximate surface area is 94.1 Å². The molecule has 0 atom stereocenters. The van der Waals surface area contributed by atoms with Crippen molar-refractivity contribution >= 4 is 18.6 Å². The summed E-state index contributed by atoms with van der Waals surface area (Å²) in [6, 6.07) is 0. The highest BCUT2D eigenvalue weighted by atomic mass is 16.6. The minimum atomic E-state index is -1.83. The highest BCUT2D eigenvalue weighted by Crippen LogP contribution is 1.81. The highest BCUT2D eigenvalue weighted by Gasteiger charge is 1.70. The average Bonchev–Trinajstić information content (AvgIpc) is 1.81. The van der Waals surface area contributed by atoms with Gasteiger partial charge in [0.2, 0.25) is 0 Å². The third-order valence-electron chi connectivity index (χ3n) is 0. The fourth-order valence-corrected chi connectivity index (χ4v) is 0. The standard InChI is InChI=1S/C4H10.C2H4O.2CH2O3.H3N/c1-4(2)3;1-2-3;2*2-1(3)4;/h4H,1-3H3;2H,1H3;2*(H2,2,3,4);1H3. The van der Waals surface area contributed by atoms with Crippen LogP contribution < -0.4 is 6.15 Å². The van der Waals surface area contributed by atoms with E-state index >= 15 is 0 Å². The Kier molecular flexibility index (Phi) is 53.4. The van der Waals surface area contributed by atoms with Gasteiger partial charge in [-0.25, -0.2) is 9.59 Å². The Morgan fingerprint density at radius 1 is 0.938 bits per heavy atom. The molecule has 0 unspecified atom stereocenters. The lowest BCUT2D eigenvalue weighted by molar-refractivity contribution is -0.106. The van der Waals surface area contributed by atoms with E-state index < -0.39 is 12.3 Å². The molecule has 0 fully saturated rings. The summed E-state index contributed by atoms with van der Waals surface area (Å²) >= 11 is 0. The third-order valence-corrected chi connectivity index (χ3v) is 0. The topological polar surface area (TPSA) is 167 Å². The lowest BCUT2D eigenvalue weighted by Gasteiger charge is -1.79. The van der Waals surface area contributed by atoms with E-state index in [1.807, 2.05) is 0 Å². The maximum absolute atomic E-state index is 8.81. The number of carbonyl (C=O) groups excluding carboxylic acids is 1. The Hall–Kier alpha value is -1.83. The third kappa shape index (κ3) is 453. The predicted octanol–water partition coefficient (Wildman–Crippen LogP) is 2.47. The van der Waals surface area contributed by atoms with Crippen molar-refractivity contribution in [3.8, 4) is 0 Å². The summed E-state index contributed by atoms with van der Waals surface area (Å²) in [6.45, 7) is 7.94. The zero-order valence-corrected chi connectivity index (χ0v) is 9.88. The molecule has 0 aromatic rings. The summed E-state index contributed by atoms with van der Waals surface area (Å²) in [6.07, 6.45) is -2.92. The van der Waals surface area contributed by atoms with Crippen LogP contribution in [0.3, 0.4) is 0 Å². The monoisotopic (exact) mass is 243 g/mol. The molecular formula is C8H21NO7. The van der Waals surface area contributed by atoms with Gasteiger partial charge in [-0.2, -0.15) is 0 Å². The molecule has 0 bridgehead atoms. The maximum atomic E-state index is 8.81. The lowest BCUT2D eigenvalue weighted by Crippen LogP contribution is -1.81. The summed E-state index contributed by atoms with van der Waals surface area (Å²) in [7, 11) is 0. The zero-order valence-electron chi connectivity index (χ0n) is 9.88. The van der Waals surface area contributed by atoms with E-state index in [1.54, 1.807) is 0 Å². The second-order valence-corrected chi connectivity index (χ2v) is 2.53. The molecule has 7 N–H and O–H groups in total. The van der Waals surface area contributed by atoms with Crippen LogP contribution in [0.15, 0.2) is 0 Å². The minimum absolute atomic E-state index is 0. The van der Waals surface area contributed by atoms with E-state index in [0.29, 0.717) is 0 Å². The molecule has 0 amide bonds. The number of carboxylic acid groups (broad SMARTS) is 4. The van der Waals surface area contributed by atoms with Crippen molar-refractivity contribution < 1.29 is 34.8 Å². The Morgan fingerprint density at radius 2 is 0.938 bits per heavy atom. The fraction of sp³-hybridized carbons (Fsp3) is 0.625. The lowest BCUT2D eigenvalue weighted by atomic mass is 10.3. The average molecular weight is 243 g/mol. The molecule has 0 heterocycles. The molecule has 0 aromatic carbocycles. The van der Waals surface area contributed by atoms with Gasteiger partial charge in [0.1, 0.15) is 6.29 Å². The van der Waals surface area contributed by atoms with Gasteiger partial charge in [-0.1, -0.05) is 20.8 Å². The molecule has 0 aliphatic carbocycles. The first-order valence-corrected chi connectivity index (χ1v) is 3.85. The molecular weight excluding hydrogens is 222 g/mol. The molecule has 16 heavy (non-hydrogen) atoms. The second kappa shape index (κ2) is 29.2. The van der Waals surface area contributed by atoms with Crippen LogP contribution in [0.2, 0.25) is 0 Å². The summed E-state index contributed by atoms with van der Waals surface area (Å²) in [5.74, 6) is 0.833. The first-order chi connectivity index (χ1) is 6.61. The molecule has 0 saturated heterocycles. The summed E-state index contributed by atoms with van der Waals surface area (Å²) in [5, 5.41) is 27.9. The maximum Gasteiger partial charge on any atom is 0.503 e. The van der Waals surface area contributed by atoms with Crippen LogP contribution in [-0.2, 0) is 4.79 Å². The minimum Gasteiger partial charge on any atom is -0.450 e. The SMILES string of the molecule is CC(C)C.CC=O.N.O=C(O)O.O=C(O)O. The van der Waals surface area contributed by atoms with E-state index in [4.69, 9.17) is 34.8 Å². The van der Waals surface area contributed by atoms with Crippen LogP contribution in [0, 0.1) is 5.92 Å². The second-order valence-electron chi connectivity index (χ2n) is 2.53. The quantitative estimate of drug-likeness (QED) is 0.404. The van der Waals surface area contributed by atoms with E-state index in [1.165, 1.54) is 6.92 Å². The van der Waals surface area contributed by atoms with Crippen molar-refractivity contribution in [1.29, 1.82) is 0 Å². The molecule has 0 saturated carbocycles. The molecule has 0 aromatic heterocycles. The molecule has 0 rings (SSSR count). The molecule has 0 spiro atoms. The van der Waals surface area contributed by atoms with Crippen molar-refractivity contribution in [3.05, 3.63) is 0 Å². The molecule has 0 aliphatic heterocycles. The normalized spacial score (nSPS) is 6.06. The summed E-state index contributed by atoms with van der Waals surface area (Å²) < 4.78 is 0. The Balaban J connectivity index is -0.0000000331. The molecule has 0 radical (unpaired) electrons. The van der Waals surface area contributed by atoms with Crippen molar-refractivity contribution in [2.75, 3.05) is 0 Å². The van der Waals surface area contributed by atoms with Crippen LogP contribution in [0.4, 0.5) is 9.59 Å². The van der Waals surface area contributed by atoms with Crippen LogP contribution in [0.25, 0.3) is 0 Å². The fourth-order valence-electron chi connectivity index (χ4n) is 0. The van der Waals surface area contributed by atoms with Gasteiger partial charge in [0.25, 0.3) is 0 Å². The van der Waals surface area contributed by atoms with Crippen molar-refractivity contribution in [1.82, 2.24) is 6.15 Å². The van der Waals surface area contributed by atoms with Gasteiger partial charge in [0, 0.05) is 0 Å². The van der Waals surface area contributed by atoms with Crippen molar-refractivity contribution in [3.63, 3.8) is 0 Å². The van der Waals surface area contributed by atoms with Crippen LogP contribution >= 0.6 is 0 Å². The van der Waals surface area contributed by atoms with Gasteiger partial charge in [-0.05, 0) is 12.8 Å². The van der Waals surface area contributed by atoms with Gasteiger partial charge < -0.3 is 31.4 Å². The number of carbonyl (C=O) groups is 3. The van der Waals surface area contributed by atoms with Crippen LogP contribution in [0.1, 0.15) is 27.7 Å². The zero-order chi connectivity index (χ0) is 13.4. The van der Waals surface area contributed by atoms with E-state index in [2.05, 4.69) is 20.8 Å². The number of hydrogen-bond acceptors (Lipinski definition) is 4. The van der Waals surface area contributed by atoms with Crippen molar-refractivity contribution in [2.45, 2.75) is 27.7 Å². The predicted molar refractivity (Wildman–Crippen MR) is 58.6 cm³/mol. The van der Waals surface area contributed by atoms with E-state index in [-0.39, 0.29) is 6.15 Å². The number of rotatable bonds is 0. The van der Waals surface area contributed by atoms with Gasteiger partial charge in [0.05, 0.1) is 0 Å². The first kappa shape index (κ1) is 29.2. The van der Waals surface area contributed by atoms with E-state index in [0.717, 1.165) is 12.2 Å². The van der Waals surface area contributed by atoms with Crippen molar-refractivity contribution in [2.24, 2.45) is 5.92 Å². The van der Waals surface area contributed by atoms with Gasteiger partial charge in [-0.3, -0.25) is 0 Å².